The van der Waals surface area contributed by atoms with Gasteiger partial charge in [0.15, 0.2) is 0 Å². The van der Waals surface area contributed by atoms with Gasteiger partial charge in [0.25, 0.3) is 0 Å². The van der Waals surface area contributed by atoms with Crippen molar-refractivity contribution in [2.75, 3.05) is 6.54 Å². The van der Waals surface area contributed by atoms with Crippen molar-refractivity contribution in [3.05, 3.63) is 33.8 Å². The van der Waals surface area contributed by atoms with Gasteiger partial charge < -0.3 is 10.4 Å². The molecule has 1 aliphatic rings. The highest BCUT2D eigenvalue weighted by molar-refractivity contribution is 6.42. The smallest absolute Gasteiger partial charge is 0.324 e. The van der Waals surface area contributed by atoms with Gasteiger partial charge in [-0.1, -0.05) is 29.3 Å². The molecule has 1 heterocycles. The molecule has 1 atom stereocenters. The number of rotatable bonds is 3. The Morgan fingerprint density at radius 1 is 1.39 bits per heavy atom. The molecule has 0 aliphatic carbocycles. The van der Waals surface area contributed by atoms with Crippen LogP contribution in [0.3, 0.4) is 0 Å². The zero-order chi connectivity index (χ0) is 12.5. The molecule has 2 N–H and O–H groups in total. The minimum Gasteiger partial charge on any atom is -0.480 e. The number of carboxylic acid groups (broad SMARTS) is 1. The Morgan fingerprint density at radius 2 is 2.11 bits per heavy atom. The van der Waals surface area contributed by atoms with E-state index in [1.165, 1.54) is 0 Å². The van der Waals surface area contributed by atoms with E-state index in [4.69, 9.17) is 23.2 Å². The molecule has 0 bridgehead atoms. The molecule has 2 rings (SSSR count). The first kappa shape index (κ1) is 15.6. The van der Waals surface area contributed by atoms with Gasteiger partial charge in [0.05, 0.1) is 10.0 Å². The van der Waals surface area contributed by atoms with Gasteiger partial charge in [-0.3, -0.25) is 4.79 Å². The molecule has 1 fully saturated rings. The third kappa shape index (κ3) is 3.09. The van der Waals surface area contributed by atoms with E-state index in [9.17, 15) is 9.90 Å². The maximum absolute atomic E-state index is 11.4. The van der Waals surface area contributed by atoms with Crippen LogP contribution < -0.4 is 5.32 Å². The number of carboxylic acids is 1. The summed E-state index contributed by atoms with van der Waals surface area (Å²) in [5.74, 6) is -0.805. The predicted octanol–water partition coefficient (Wildman–Crippen LogP) is 3.16. The minimum absolute atomic E-state index is 0. The third-order valence-corrected chi connectivity index (χ3v) is 3.88. The van der Waals surface area contributed by atoms with Crippen LogP contribution >= 0.6 is 35.6 Å². The largest absolute Gasteiger partial charge is 0.480 e. The number of nitrogens with one attached hydrogen (secondary N) is 1. The Morgan fingerprint density at radius 3 is 2.61 bits per heavy atom. The molecule has 3 nitrogen and oxygen atoms in total. The molecule has 0 unspecified atom stereocenters. The summed E-state index contributed by atoms with van der Waals surface area (Å²) in [4.78, 5) is 11.4. The average Bonchev–Trinajstić information content (AvgIpc) is 2.73. The van der Waals surface area contributed by atoms with Gasteiger partial charge in [-0.15, -0.1) is 12.4 Å². The Bertz CT molecular complexity index is 445. The normalized spacial score (nSPS) is 22.6. The molecular weight excluding hydrogens is 296 g/mol. The van der Waals surface area contributed by atoms with Gasteiger partial charge in [0, 0.05) is 6.42 Å². The van der Waals surface area contributed by atoms with Crippen molar-refractivity contribution in [2.24, 2.45) is 0 Å². The summed E-state index contributed by atoms with van der Waals surface area (Å²) in [6.45, 7) is 0.744. The lowest BCUT2D eigenvalue weighted by Gasteiger charge is -2.24. The molecule has 0 amide bonds. The Balaban J connectivity index is 0.00000162. The third-order valence-electron chi connectivity index (χ3n) is 3.14. The lowest BCUT2D eigenvalue weighted by molar-refractivity contribution is -0.144. The topological polar surface area (TPSA) is 49.3 Å². The zero-order valence-corrected chi connectivity index (χ0v) is 11.9. The minimum atomic E-state index is -0.850. The van der Waals surface area contributed by atoms with Crippen molar-refractivity contribution in [2.45, 2.75) is 24.8 Å². The molecule has 1 aliphatic heterocycles. The van der Waals surface area contributed by atoms with E-state index in [0.717, 1.165) is 18.5 Å². The molecule has 100 valence electrons. The van der Waals surface area contributed by atoms with Crippen LogP contribution in [-0.2, 0) is 11.2 Å². The summed E-state index contributed by atoms with van der Waals surface area (Å²) in [5, 5.41) is 13.4. The first-order valence-corrected chi connectivity index (χ1v) is 6.21. The second kappa shape index (κ2) is 6.11. The van der Waals surface area contributed by atoms with E-state index in [0.29, 0.717) is 22.9 Å². The molecule has 0 radical (unpaired) electrons. The fourth-order valence-corrected chi connectivity index (χ4v) is 2.53. The van der Waals surface area contributed by atoms with Crippen molar-refractivity contribution in [1.29, 1.82) is 0 Å². The highest BCUT2D eigenvalue weighted by Crippen LogP contribution is 2.28. The number of hydrogen-bond donors (Lipinski definition) is 2. The van der Waals surface area contributed by atoms with Gasteiger partial charge in [-0.25, -0.2) is 0 Å². The van der Waals surface area contributed by atoms with Crippen LogP contribution in [-0.4, -0.2) is 23.2 Å². The fourth-order valence-electron chi connectivity index (χ4n) is 2.21. The van der Waals surface area contributed by atoms with E-state index < -0.39 is 11.5 Å². The molecule has 0 saturated carbocycles. The number of halogens is 3. The molecule has 18 heavy (non-hydrogen) atoms. The Kier molecular flexibility index (Phi) is 5.29. The molecule has 6 heteroatoms. The molecule has 1 aromatic carbocycles. The van der Waals surface area contributed by atoms with Crippen LogP contribution in [0.25, 0.3) is 0 Å². The van der Waals surface area contributed by atoms with Crippen LogP contribution in [0.1, 0.15) is 18.4 Å². The van der Waals surface area contributed by atoms with E-state index >= 15 is 0 Å². The second-order valence-corrected chi connectivity index (χ2v) is 5.16. The van der Waals surface area contributed by atoms with Crippen LogP contribution in [0.2, 0.25) is 10.0 Å². The van der Waals surface area contributed by atoms with Crippen LogP contribution in [0.5, 0.6) is 0 Å². The van der Waals surface area contributed by atoms with E-state index in [-0.39, 0.29) is 12.4 Å². The van der Waals surface area contributed by atoms with Crippen LogP contribution in [0, 0.1) is 0 Å². The first-order chi connectivity index (χ1) is 8.03. The Labute approximate surface area is 122 Å². The lowest BCUT2D eigenvalue weighted by atomic mass is 9.89. The van der Waals surface area contributed by atoms with Crippen molar-refractivity contribution in [1.82, 2.24) is 5.32 Å². The summed E-state index contributed by atoms with van der Waals surface area (Å²) in [6.07, 6.45) is 1.95. The maximum Gasteiger partial charge on any atom is 0.324 e. The SMILES string of the molecule is Cl.O=C(O)[C@@]1(Cc2ccc(Cl)c(Cl)c2)CCCN1. The van der Waals surface area contributed by atoms with Gasteiger partial charge in [0.1, 0.15) is 5.54 Å². The molecule has 1 aromatic rings. The monoisotopic (exact) mass is 309 g/mol. The maximum atomic E-state index is 11.4. The summed E-state index contributed by atoms with van der Waals surface area (Å²) in [6, 6.07) is 5.25. The van der Waals surface area contributed by atoms with E-state index in [1.54, 1.807) is 12.1 Å². The number of hydrogen-bond acceptors (Lipinski definition) is 2. The van der Waals surface area contributed by atoms with Gasteiger partial charge >= 0.3 is 5.97 Å². The van der Waals surface area contributed by atoms with Crippen molar-refractivity contribution in [3.63, 3.8) is 0 Å². The van der Waals surface area contributed by atoms with Crippen molar-refractivity contribution < 1.29 is 9.90 Å². The second-order valence-electron chi connectivity index (χ2n) is 4.34. The standard InChI is InChI=1S/C12H13Cl2NO2.ClH/c13-9-3-2-8(6-10(9)14)7-12(11(16)17)4-1-5-15-12;/h2-3,6,15H,1,4-5,7H2,(H,16,17);1H/t12-;/m0./s1. The molecule has 0 aromatic heterocycles. The molecule has 1 saturated heterocycles. The van der Waals surface area contributed by atoms with Gasteiger partial charge in [-0.05, 0) is 37.1 Å². The number of benzene rings is 1. The van der Waals surface area contributed by atoms with Crippen LogP contribution in [0.4, 0.5) is 0 Å². The quantitative estimate of drug-likeness (QED) is 0.901. The van der Waals surface area contributed by atoms with Crippen molar-refractivity contribution in [3.8, 4) is 0 Å². The summed E-state index contributed by atoms with van der Waals surface area (Å²) >= 11 is 11.8. The summed E-state index contributed by atoms with van der Waals surface area (Å²) in [5.41, 5.74) is 0.0353. The van der Waals surface area contributed by atoms with E-state index in [2.05, 4.69) is 5.32 Å². The predicted molar refractivity (Wildman–Crippen MR) is 75.0 cm³/mol. The van der Waals surface area contributed by atoms with E-state index in [1.807, 2.05) is 6.07 Å². The van der Waals surface area contributed by atoms with Gasteiger partial charge in [-0.2, -0.15) is 0 Å². The van der Waals surface area contributed by atoms with Gasteiger partial charge in [0.2, 0.25) is 0 Å². The molecule has 0 spiro atoms. The molecular formula is C12H14Cl3NO2. The number of carbonyl (C=O) groups is 1. The first-order valence-electron chi connectivity index (χ1n) is 5.46. The highest BCUT2D eigenvalue weighted by atomic mass is 35.5. The van der Waals surface area contributed by atoms with Crippen molar-refractivity contribution >= 4 is 41.6 Å². The summed E-state index contributed by atoms with van der Waals surface area (Å²) in [7, 11) is 0. The zero-order valence-electron chi connectivity index (χ0n) is 9.58. The fraction of sp³-hybridized carbons (Fsp3) is 0.417. The lowest BCUT2D eigenvalue weighted by Crippen LogP contribution is -2.49. The van der Waals surface area contributed by atoms with Crippen LogP contribution in [0.15, 0.2) is 18.2 Å². The highest BCUT2D eigenvalue weighted by Gasteiger charge is 2.41. The summed E-state index contributed by atoms with van der Waals surface area (Å²) < 4.78 is 0. The average molecular weight is 311 g/mol. The Hall–Kier alpha value is -0.480. The number of aliphatic carboxylic acids is 1.